The highest BCUT2D eigenvalue weighted by molar-refractivity contribution is 5.75. The van der Waals surface area contributed by atoms with Gasteiger partial charge in [0, 0.05) is 32.6 Å². The minimum Gasteiger partial charge on any atom is -0.356 e. The Labute approximate surface area is 144 Å². The van der Waals surface area contributed by atoms with Crippen molar-refractivity contribution in [2.75, 3.05) is 33.2 Å². The number of hydrogen-bond acceptors (Lipinski definition) is 3. The summed E-state index contributed by atoms with van der Waals surface area (Å²) in [4.78, 5) is 13.8. The van der Waals surface area contributed by atoms with Crippen molar-refractivity contribution in [3.8, 4) is 0 Å². The molecule has 4 heteroatoms. The van der Waals surface area contributed by atoms with Crippen LogP contribution >= 0.6 is 0 Å². The van der Waals surface area contributed by atoms with Crippen LogP contribution in [0, 0.1) is 0 Å². The van der Waals surface area contributed by atoms with E-state index in [4.69, 9.17) is 5.73 Å². The standard InChI is InChI=1S/C19H41N3O/c1-3-4-5-6-7-8-9-10-11-12-13-16-21-19(23)14-17-22(2)18-15-20/h3-18,20H2,1-2H3,(H,21,23). The number of nitrogens with one attached hydrogen (secondary N) is 1. The molecule has 0 aromatic rings. The normalized spacial score (nSPS) is 11.1. The first-order chi connectivity index (χ1) is 11.2. The minimum absolute atomic E-state index is 0.168. The van der Waals surface area contributed by atoms with Crippen molar-refractivity contribution in [2.45, 2.75) is 84.0 Å². The molecule has 0 rings (SSSR count). The number of nitrogens with zero attached hydrogens (tertiary/aromatic N) is 1. The van der Waals surface area contributed by atoms with E-state index in [-0.39, 0.29) is 5.91 Å². The molecule has 138 valence electrons. The van der Waals surface area contributed by atoms with Gasteiger partial charge in [0.05, 0.1) is 0 Å². The predicted octanol–water partition coefficient (Wildman–Crippen LogP) is 3.69. The van der Waals surface area contributed by atoms with Crippen LogP contribution in [0.3, 0.4) is 0 Å². The van der Waals surface area contributed by atoms with E-state index in [1.54, 1.807) is 0 Å². The molecule has 0 fully saturated rings. The number of carbonyl (C=O) groups excluding carboxylic acids is 1. The topological polar surface area (TPSA) is 58.4 Å². The summed E-state index contributed by atoms with van der Waals surface area (Å²) in [7, 11) is 2.00. The van der Waals surface area contributed by atoms with Crippen LogP contribution in [0.15, 0.2) is 0 Å². The predicted molar refractivity (Wildman–Crippen MR) is 101 cm³/mol. The van der Waals surface area contributed by atoms with Gasteiger partial charge in [-0.3, -0.25) is 4.79 Å². The molecule has 0 atom stereocenters. The van der Waals surface area contributed by atoms with Crippen LogP contribution in [-0.2, 0) is 4.79 Å². The Morgan fingerprint density at radius 2 is 1.39 bits per heavy atom. The molecule has 0 aromatic carbocycles. The smallest absolute Gasteiger partial charge is 0.221 e. The number of carbonyl (C=O) groups is 1. The van der Waals surface area contributed by atoms with Crippen molar-refractivity contribution in [1.82, 2.24) is 10.2 Å². The molecular weight excluding hydrogens is 286 g/mol. The highest BCUT2D eigenvalue weighted by Crippen LogP contribution is 2.10. The zero-order chi connectivity index (χ0) is 17.2. The van der Waals surface area contributed by atoms with Gasteiger partial charge < -0.3 is 16.0 Å². The number of amides is 1. The van der Waals surface area contributed by atoms with Crippen LogP contribution in [0.2, 0.25) is 0 Å². The molecule has 0 heterocycles. The van der Waals surface area contributed by atoms with E-state index in [1.807, 2.05) is 7.05 Å². The lowest BCUT2D eigenvalue weighted by atomic mass is 10.1. The third kappa shape index (κ3) is 17.6. The summed E-state index contributed by atoms with van der Waals surface area (Å²) in [5.74, 6) is 0.168. The third-order valence-corrected chi connectivity index (χ3v) is 4.33. The molecule has 0 unspecified atom stereocenters. The Hall–Kier alpha value is -0.610. The van der Waals surface area contributed by atoms with Gasteiger partial charge in [-0.05, 0) is 13.5 Å². The lowest BCUT2D eigenvalue weighted by Crippen LogP contribution is -2.31. The second kappa shape index (κ2) is 17.7. The Balaban J connectivity index is 3.19. The van der Waals surface area contributed by atoms with Gasteiger partial charge in [0.2, 0.25) is 5.91 Å². The molecule has 0 aromatic heterocycles. The van der Waals surface area contributed by atoms with Gasteiger partial charge in [0.15, 0.2) is 0 Å². The van der Waals surface area contributed by atoms with E-state index >= 15 is 0 Å². The zero-order valence-electron chi connectivity index (χ0n) is 15.7. The first kappa shape index (κ1) is 22.4. The zero-order valence-corrected chi connectivity index (χ0v) is 15.7. The minimum atomic E-state index is 0.168. The van der Waals surface area contributed by atoms with Crippen molar-refractivity contribution in [3.63, 3.8) is 0 Å². The molecule has 0 saturated carbocycles. The maximum Gasteiger partial charge on any atom is 0.221 e. The van der Waals surface area contributed by atoms with Crippen LogP contribution in [0.25, 0.3) is 0 Å². The number of hydrogen-bond donors (Lipinski definition) is 2. The van der Waals surface area contributed by atoms with Crippen LogP contribution < -0.4 is 11.1 Å². The van der Waals surface area contributed by atoms with E-state index in [9.17, 15) is 4.79 Å². The first-order valence-corrected chi connectivity index (χ1v) is 9.86. The SMILES string of the molecule is CCCCCCCCCCCCCNC(=O)CCN(C)CCN. The van der Waals surface area contributed by atoms with Gasteiger partial charge in [-0.15, -0.1) is 0 Å². The molecule has 0 bridgehead atoms. The average molecular weight is 328 g/mol. The molecule has 0 aliphatic carbocycles. The third-order valence-electron chi connectivity index (χ3n) is 4.33. The molecule has 0 aliphatic rings. The number of unbranched alkanes of at least 4 members (excludes halogenated alkanes) is 10. The van der Waals surface area contributed by atoms with Gasteiger partial charge in [0.25, 0.3) is 0 Å². The summed E-state index contributed by atoms with van der Waals surface area (Å²) in [5.41, 5.74) is 5.48. The Morgan fingerprint density at radius 1 is 0.870 bits per heavy atom. The summed E-state index contributed by atoms with van der Waals surface area (Å²) in [6.45, 7) is 5.39. The summed E-state index contributed by atoms with van der Waals surface area (Å²) >= 11 is 0. The second-order valence-corrected chi connectivity index (χ2v) is 6.73. The summed E-state index contributed by atoms with van der Waals surface area (Å²) in [6, 6.07) is 0. The Bertz CT molecular complexity index is 259. The van der Waals surface area contributed by atoms with Gasteiger partial charge in [-0.1, -0.05) is 71.1 Å². The molecule has 4 nitrogen and oxygen atoms in total. The van der Waals surface area contributed by atoms with E-state index in [0.29, 0.717) is 13.0 Å². The highest BCUT2D eigenvalue weighted by atomic mass is 16.1. The van der Waals surface area contributed by atoms with Gasteiger partial charge >= 0.3 is 0 Å². The Kier molecular flexibility index (Phi) is 17.3. The largest absolute Gasteiger partial charge is 0.356 e. The van der Waals surface area contributed by atoms with Crippen LogP contribution in [-0.4, -0.2) is 44.0 Å². The maximum atomic E-state index is 11.7. The molecule has 23 heavy (non-hydrogen) atoms. The van der Waals surface area contributed by atoms with Crippen LogP contribution in [0.4, 0.5) is 0 Å². The van der Waals surface area contributed by atoms with Crippen molar-refractivity contribution in [2.24, 2.45) is 5.73 Å². The quantitative estimate of drug-likeness (QED) is 0.401. The molecule has 3 N–H and O–H groups in total. The van der Waals surface area contributed by atoms with E-state index in [1.165, 1.54) is 64.2 Å². The van der Waals surface area contributed by atoms with E-state index < -0.39 is 0 Å². The van der Waals surface area contributed by atoms with Gasteiger partial charge in [-0.25, -0.2) is 0 Å². The average Bonchev–Trinajstić information content (AvgIpc) is 2.54. The summed E-state index contributed by atoms with van der Waals surface area (Å²) < 4.78 is 0. The number of likely N-dealkylation sites (N-methyl/N-ethyl adjacent to an activating group) is 1. The van der Waals surface area contributed by atoms with Gasteiger partial charge in [0.1, 0.15) is 0 Å². The van der Waals surface area contributed by atoms with E-state index in [0.717, 1.165) is 26.1 Å². The lowest BCUT2D eigenvalue weighted by Gasteiger charge is -2.14. The molecule has 0 saturated heterocycles. The highest BCUT2D eigenvalue weighted by Gasteiger charge is 2.03. The maximum absolute atomic E-state index is 11.7. The summed E-state index contributed by atoms with van der Waals surface area (Å²) in [6.07, 6.45) is 15.3. The fraction of sp³-hybridized carbons (Fsp3) is 0.947. The van der Waals surface area contributed by atoms with Gasteiger partial charge in [-0.2, -0.15) is 0 Å². The fourth-order valence-electron chi connectivity index (χ4n) is 2.73. The van der Waals surface area contributed by atoms with Crippen molar-refractivity contribution in [1.29, 1.82) is 0 Å². The fourth-order valence-corrected chi connectivity index (χ4v) is 2.73. The molecule has 0 aliphatic heterocycles. The monoisotopic (exact) mass is 327 g/mol. The molecule has 0 radical (unpaired) electrons. The first-order valence-electron chi connectivity index (χ1n) is 9.86. The molecule has 1 amide bonds. The van der Waals surface area contributed by atoms with Crippen LogP contribution in [0.5, 0.6) is 0 Å². The van der Waals surface area contributed by atoms with E-state index in [2.05, 4.69) is 17.1 Å². The lowest BCUT2D eigenvalue weighted by molar-refractivity contribution is -0.121. The Morgan fingerprint density at radius 3 is 1.91 bits per heavy atom. The number of rotatable bonds is 17. The molecule has 0 spiro atoms. The van der Waals surface area contributed by atoms with Crippen LogP contribution in [0.1, 0.15) is 84.0 Å². The van der Waals surface area contributed by atoms with Crippen molar-refractivity contribution in [3.05, 3.63) is 0 Å². The second-order valence-electron chi connectivity index (χ2n) is 6.73. The molecular formula is C19H41N3O. The van der Waals surface area contributed by atoms with Crippen molar-refractivity contribution < 1.29 is 4.79 Å². The van der Waals surface area contributed by atoms with Crippen molar-refractivity contribution >= 4 is 5.91 Å². The summed E-state index contributed by atoms with van der Waals surface area (Å²) in [5, 5.41) is 3.01. The number of nitrogens with two attached hydrogens (primary N) is 1.